The minimum atomic E-state index is -3.78. The Balaban J connectivity index is 0.000000205. The first-order valence-electron chi connectivity index (χ1n) is 30.8. The largest absolute Gasteiger partial charge is 0.497 e. The lowest BCUT2D eigenvalue weighted by atomic mass is 9.96. The van der Waals surface area contributed by atoms with Gasteiger partial charge in [-0.2, -0.15) is 0 Å². The topological polar surface area (TPSA) is 208 Å². The van der Waals surface area contributed by atoms with Crippen LogP contribution in [0.25, 0.3) is 33.5 Å². The number of pyridine rings is 1. The van der Waals surface area contributed by atoms with E-state index < -0.39 is 35.5 Å². The molecule has 0 saturated heterocycles. The number of methoxy groups -OCH3 is 2. The Morgan fingerprint density at radius 3 is 0.949 bits per heavy atom. The highest BCUT2D eigenvalue weighted by molar-refractivity contribution is 7.92. The maximum absolute atomic E-state index is 13.5. The molecule has 0 unspecified atom stereocenters. The second-order valence-corrected chi connectivity index (χ2v) is 29.0. The minimum absolute atomic E-state index is 0.0832. The summed E-state index contributed by atoms with van der Waals surface area (Å²) in [5.74, 6) is 3.76. The summed E-state index contributed by atoms with van der Waals surface area (Å²) in [6.45, 7) is 11.9. The summed E-state index contributed by atoms with van der Waals surface area (Å²) < 4.78 is 114. The van der Waals surface area contributed by atoms with Crippen LogP contribution in [0.2, 0.25) is 0 Å². The summed E-state index contributed by atoms with van der Waals surface area (Å²) in [6.07, 6.45) is 1.85. The van der Waals surface area contributed by atoms with E-state index in [4.69, 9.17) is 28.4 Å². The third kappa shape index (κ3) is 15.6. The third-order valence-corrected chi connectivity index (χ3v) is 21.4. The van der Waals surface area contributed by atoms with Crippen LogP contribution in [0.1, 0.15) is 43.7 Å². The zero-order valence-corrected chi connectivity index (χ0v) is 57.1. The summed E-state index contributed by atoms with van der Waals surface area (Å²) in [5.41, 5.74) is 12.0. The Labute approximate surface area is 570 Å². The van der Waals surface area contributed by atoms with Crippen LogP contribution >= 0.6 is 0 Å². The van der Waals surface area contributed by atoms with Crippen LogP contribution in [0.3, 0.4) is 0 Å². The van der Waals surface area contributed by atoms with Gasteiger partial charge in [-0.3, -0.25) is 4.98 Å². The van der Waals surface area contributed by atoms with Crippen molar-refractivity contribution in [2.75, 3.05) is 14.2 Å². The van der Waals surface area contributed by atoms with Crippen LogP contribution in [0, 0.1) is 41.5 Å². The van der Waals surface area contributed by atoms with Crippen molar-refractivity contribution in [3.8, 4) is 91.0 Å². The minimum Gasteiger partial charge on any atom is -0.497 e. The second kappa shape index (κ2) is 29.0. The predicted molar refractivity (Wildman–Crippen MR) is 377 cm³/mol. The Morgan fingerprint density at radius 2 is 0.612 bits per heavy atom. The number of carbonyl (C=O) groups is 1. The molecule has 0 aliphatic rings. The fourth-order valence-electron chi connectivity index (χ4n) is 10.9. The molecule has 1 N–H and O–H groups in total. The fraction of sp³-hybridized carbons (Fsp3) is 0.100. The first kappa shape index (κ1) is 68.1. The quantitative estimate of drug-likeness (QED) is 0.0753. The Hall–Kier alpha value is -11.3. The molecule has 0 spiro atoms. The molecule has 12 rings (SSSR count). The second-order valence-electron chi connectivity index (χ2n) is 23.2. The molecular weight excluding hydrogens is 1300 g/mol. The highest BCUT2D eigenvalue weighted by atomic mass is 32.2. The standard InChI is InChI=1S/C47H41NO6S.C33H26O8S2/c1-30-25-37(26-31(2)46(30)52-6)38-27-32(3)47(33(4)28-38)54-42-18-22-44(23-19-42)55(49,50)43-20-16-41(17-21-43)53-40-14-9-35(10-15-40)45-24-11-36(29-48-45)34-7-12-39(51-5)13-8-34;1-22-3-11-29(12-4-22)42(36,37)31-15-7-25(8-16-31)40-27-19-24(33(34)35)20-28(21-27)41-26-9-17-32(18-10-26)43(38,39)30-13-5-23(2)6-14-30/h7-29H,1-6H3;3-21H,1-2H3,(H,34,35). The lowest BCUT2D eigenvalue weighted by molar-refractivity contribution is 0.0696. The van der Waals surface area contributed by atoms with Gasteiger partial charge in [-0.25, -0.2) is 30.0 Å². The van der Waals surface area contributed by atoms with Crippen molar-refractivity contribution in [3.63, 3.8) is 0 Å². The fourth-order valence-corrected chi connectivity index (χ4v) is 14.6. The molecule has 0 amide bonds. The van der Waals surface area contributed by atoms with Crippen molar-refractivity contribution in [2.45, 2.75) is 70.9 Å². The molecule has 98 heavy (non-hydrogen) atoms. The number of carboxylic acid groups (broad SMARTS) is 1. The van der Waals surface area contributed by atoms with Gasteiger partial charge in [-0.1, -0.05) is 53.6 Å². The van der Waals surface area contributed by atoms with E-state index in [1.54, 1.807) is 111 Å². The van der Waals surface area contributed by atoms with Crippen LogP contribution in [-0.4, -0.2) is 55.5 Å². The SMILES string of the molecule is COc1ccc(-c2ccc(-c3ccc(Oc4ccc(S(=O)(=O)c5ccc(Oc6c(C)cc(-c7cc(C)c(OC)c(C)c7)cc6C)cc5)cc4)cc3)nc2)cc1.Cc1ccc(S(=O)(=O)c2ccc(Oc3cc(Oc4ccc(S(=O)(=O)c5ccc(C)cc5)cc4)cc(C(=O)O)c3)cc2)cc1. The molecule has 15 nitrogen and oxygen atoms in total. The molecular formula is C80H67NO14S3. The summed E-state index contributed by atoms with van der Waals surface area (Å²) in [5, 5.41) is 9.62. The number of nitrogens with zero attached hydrogens (tertiary/aromatic N) is 1. The zero-order chi connectivity index (χ0) is 69.5. The van der Waals surface area contributed by atoms with E-state index in [0.717, 1.165) is 84.1 Å². The van der Waals surface area contributed by atoms with Gasteiger partial charge in [0.05, 0.1) is 54.8 Å². The van der Waals surface area contributed by atoms with Gasteiger partial charge in [-0.05, 0) is 281 Å². The van der Waals surface area contributed by atoms with Gasteiger partial charge < -0.3 is 33.5 Å². The number of hydrogen-bond acceptors (Lipinski definition) is 14. The Bertz CT molecular complexity index is 5040. The monoisotopic (exact) mass is 1360 g/mol. The van der Waals surface area contributed by atoms with Crippen molar-refractivity contribution in [3.05, 3.63) is 294 Å². The van der Waals surface area contributed by atoms with Gasteiger partial charge in [0.2, 0.25) is 29.5 Å². The lowest BCUT2D eigenvalue weighted by Crippen LogP contribution is -2.02. The molecule has 1 heterocycles. The van der Waals surface area contributed by atoms with Gasteiger partial charge >= 0.3 is 5.97 Å². The number of aryl methyl sites for hydroxylation is 6. The smallest absolute Gasteiger partial charge is 0.335 e. The number of sulfone groups is 3. The normalized spacial score (nSPS) is 11.4. The van der Waals surface area contributed by atoms with E-state index in [0.29, 0.717) is 17.2 Å². The molecule has 12 aromatic rings. The summed E-state index contributed by atoms with van der Waals surface area (Å²) >= 11 is 0. The van der Waals surface area contributed by atoms with Crippen molar-refractivity contribution in [1.29, 1.82) is 0 Å². The molecule has 18 heteroatoms. The first-order chi connectivity index (χ1) is 46.9. The molecule has 1 aromatic heterocycles. The van der Waals surface area contributed by atoms with Crippen LogP contribution in [0.4, 0.5) is 0 Å². The van der Waals surface area contributed by atoms with Crippen molar-refractivity contribution in [2.24, 2.45) is 0 Å². The van der Waals surface area contributed by atoms with Crippen molar-refractivity contribution < 1.29 is 63.6 Å². The molecule has 494 valence electrons. The molecule has 0 aliphatic heterocycles. The maximum Gasteiger partial charge on any atom is 0.335 e. The van der Waals surface area contributed by atoms with Crippen molar-refractivity contribution >= 4 is 35.5 Å². The highest BCUT2D eigenvalue weighted by Crippen LogP contribution is 2.39. The predicted octanol–water partition coefficient (Wildman–Crippen LogP) is 19.0. The molecule has 0 bridgehead atoms. The number of carboxylic acids is 1. The number of benzene rings is 11. The van der Waals surface area contributed by atoms with E-state index in [-0.39, 0.29) is 57.9 Å². The van der Waals surface area contributed by atoms with Crippen LogP contribution in [0.5, 0.6) is 57.5 Å². The summed E-state index contributed by atoms with van der Waals surface area (Å²) in [4.78, 5) is 17.3. The van der Waals surface area contributed by atoms with Crippen LogP contribution in [0.15, 0.2) is 284 Å². The Morgan fingerprint density at radius 1 is 0.306 bits per heavy atom. The first-order valence-corrected chi connectivity index (χ1v) is 35.3. The van der Waals surface area contributed by atoms with Crippen LogP contribution < -0.4 is 28.4 Å². The van der Waals surface area contributed by atoms with E-state index in [2.05, 4.69) is 29.2 Å². The average Bonchev–Trinajstić information content (AvgIpc) is 0.821. The van der Waals surface area contributed by atoms with Crippen molar-refractivity contribution in [1.82, 2.24) is 4.98 Å². The zero-order valence-electron chi connectivity index (χ0n) is 54.7. The van der Waals surface area contributed by atoms with E-state index in [9.17, 15) is 35.2 Å². The van der Waals surface area contributed by atoms with E-state index >= 15 is 0 Å². The van der Waals surface area contributed by atoms with Gasteiger partial charge in [0, 0.05) is 23.4 Å². The highest BCUT2D eigenvalue weighted by Gasteiger charge is 2.22. The average molecular weight is 1360 g/mol. The van der Waals surface area contributed by atoms with Gasteiger partial charge in [0.1, 0.15) is 57.5 Å². The van der Waals surface area contributed by atoms with E-state index in [1.165, 1.54) is 66.7 Å². The Kier molecular flexibility index (Phi) is 20.1. The molecule has 0 atom stereocenters. The number of aromatic carboxylic acids is 1. The molecule has 11 aromatic carbocycles. The third-order valence-electron chi connectivity index (χ3n) is 16.0. The number of aromatic nitrogens is 1. The van der Waals surface area contributed by atoms with Gasteiger partial charge in [0.15, 0.2) is 0 Å². The van der Waals surface area contributed by atoms with Gasteiger partial charge in [-0.15, -0.1) is 0 Å². The number of hydrogen-bond donors (Lipinski definition) is 1. The number of ether oxygens (including phenoxy) is 6. The molecule has 0 saturated carbocycles. The molecule has 0 radical (unpaired) electrons. The van der Waals surface area contributed by atoms with E-state index in [1.807, 2.05) is 108 Å². The summed E-state index contributed by atoms with van der Waals surface area (Å²) in [6, 6.07) is 69.6. The van der Waals surface area contributed by atoms with Gasteiger partial charge in [0.25, 0.3) is 0 Å². The number of rotatable bonds is 20. The maximum atomic E-state index is 13.5. The molecule has 0 fully saturated rings. The lowest BCUT2D eigenvalue weighted by Gasteiger charge is -2.16. The molecule has 0 aliphatic carbocycles. The summed E-state index contributed by atoms with van der Waals surface area (Å²) in [7, 11) is -7.89. The van der Waals surface area contributed by atoms with Crippen LogP contribution in [-0.2, 0) is 29.5 Å².